The fourth-order valence-electron chi connectivity index (χ4n) is 3.30. The molecule has 0 saturated carbocycles. The molecule has 0 aromatic carbocycles. The molecule has 11 heteroatoms. The Balaban J connectivity index is 2.83. The van der Waals surface area contributed by atoms with Crippen molar-refractivity contribution in [3.63, 3.8) is 0 Å². The van der Waals surface area contributed by atoms with Crippen LogP contribution in [-0.4, -0.2) is 82.2 Å². The highest BCUT2D eigenvalue weighted by Gasteiger charge is 2.38. The highest BCUT2D eigenvalue weighted by Crippen LogP contribution is 2.19. The average molecular weight is 463 g/mol. The summed E-state index contributed by atoms with van der Waals surface area (Å²) in [5, 5.41) is 14.6. The molecule has 0 aliphatic carbocycles. The summed E-state index contributed by atoms with van der Waals surface area (Å²) >= 11 is 5.74. The molecule has 4 unspecified atom stereocenters. The first-order valence-corrected chi connectivity index (χ1v) is 12.1. The maximum absolute atomic E-state index is 12.9. The molecule has 1 rings (SSSR count). The van der Waals surface area contributed by atoms with E-state index in [0.29, 0.717) is 32.2 Å². The van der Waals surface area contributed by atoms with Gasteiger partial charge in [0.25, 0.3) is 0 Å². The Morgan fingerprint density at radius 2 is 1.83 bits per heavy atom. The van der Waals surface area contributed by atoms with E-state index in [9.17, 15) is 24.3 Å². The van der Waals surface area contributed by atoms with Crippen LogP contribution in [0.15, 0.2) is 0 Å². The molecule has 3 amide bonds. The number of likely N-dealkylation sites (tertiary alicyclic amines) is 1. The van der Waals surface area contributed by atoms with E-state index in [1.807, 2.05) is 20.1 Å². The molecule has 1 saturated heterocycles. The van der Waals surface area contributed by atoms with Crippen LogP contribution < -0.4 is 16.4 Å². The fourth-order valence-corrected chi connectivity index (χ4v) is 4.04. The lowest BCUT2D eigenvalue weighted by Gasteiger charge is -2.28. The van der Waals surface area contributed by atoms with Crippen molar-refractivity contribution >= 4 is 48.1 Å². The second kappa shape index (κ2) is 13.1. The maximum Gasteiger partial charge on any atom is 0.326 e. The Morgan fingerprint density at radius 3 is 2.37 bits per heavy atom. The normalized spacial score (nSPS) is 19.3. The molecule has 5 N–H and O–H groups in total. The van der Waals surface area contributed by atoms with E-state index in [1.165, 1.54) is 4.90 Å². The number of carboxylic acids is 1. The van der Waals surface area contributed by atoms with Gasteiger partial charge >= 0.3 is 5.97 Å². The number of rotatable bonds is 12. The van der Waals surface area contributed by atoms with E-state index in [0.717, 1.165) is 5.75 Å². The van der Waals surface area contributed by atoms with E-state index in [1.54, 1.807) is 11.8 Å². The number of hydrogen-bond donors (Lipinski definition) is 5. The molecule has 0 aromatic rings. The summed E-state index contributed by atoms with van der Waals surface area (Å²) < 4.78 is 0. The predicted molar refractivity (Wildman–Crippen MR) is 121 cm³/mol. The maximum atomic E-state index is 12.9. The molecular formula is C19H34N4O5S2. The van der Waals surface area contributed by atoms with Gasteiger partial charge in [0.15, 0.2) is 0 Å². The molecular weight excluding hydrogens is 428 g/mol. The summed E-state index contributed by atoms with van der Waals surface area (Å²) in [6, 6.07) is -3.43. The molecule has 0 radical (unpaired) electrons. The number of carboxylic acid groups (broad SMARTS) is 1. The smallest absolute Gasteiger partial charge is 0.326 e. The van der Waals surface area contributed by atoms with Gasteiger partial charge in [-0.1, -0.05) is 13.8 Å². The molecule has 9 nitrogen and oxygen atoms in total. The third kappa shape index (κ3) is 7.99. The summed E-state index contributed by atoms with van der Waals surface area (Å²) in [4.78, 5) is 50.7. The van der Waals surface area contributed by atoms with Crippen molar-refractivity contribution in [3.8, 4) is 0 Å². The van der Waals surface area contributed by atoms with Gasteiger partial charge in [-0.25, -0.2) is 4.79 Å². The lowest BCUT2D eigenvalue weighted by atomic mass is 10.0. The van der Waals surface area contributed by atoms with Crippen LogP contribution in [-0.2, 0) is 19.2 Å². The second-order valence-corrected chi connectivity index (χ2v) is 9.20. The highest BCUT2D eigenvalue weighted by atomic mass is 32.2. The number of amides is 3. The number of aliphatic carboxylic acids is 1. The number of nitrogens with one attached hydrogen (secondary N) is 2. The minimum Gasteiger partial charge on any atom is -0.480 e. The van der Waals surface area contributed by atoms with Gasteiger partial charge in [-0.05, 0) is 43.6 Å². The van der Waals surface area contributed by atoms with Gasteiger partial charge in [0.05, 0.1) is 6.04 Å². The average Bonchev–Trinajstić information content (AvgIpc) is 3.18. The number of hydrogen-bond acceptors (Lipinski definition) is 7. The molecule has 0 bridgehead atoms. The number of nitrogens with two attached hydrogens (primary N) is 1. The number of thioether (sulfide) groups is 1. The molecule has 1 aliphatic rings. The first kappa shape index (κ1) is 26.6. The third-order valence-corrected chi connectivity index (χ3v) is 5.94. The standard InChI is InChI=1S/C19H34N4O5S2/c1-11(2)9-13(21-16(24)12(20)6-8-30-3)17(25)22-14(10-29)18(26)23-7-4-5-15(23)19(27)28/h11-15,29H,4-10,20H2,1-3H3,(H,21,24)(H,22,25)(H,27,28). The van der Waals surface area contributed by atoms with Crippen LogP contribution in [0.4, 0.5) is 0 Å². The molecule has 172 valence electrons. The lowest BCUT2D eigenvalue weighted by Crippen LogP contribution is -2.58. The summed E-state index contributed by atoms with van der Waals surface area (Å²) in [5.41, 5.74) is 5.90. The number of thiol groups is 1. The van der Waals surface area contributed by atoms with Crippen LogP contribution in [0.1, 0.15) is 39.5 Å². The van der Waals surface area contributed by atoms with Crippen molar-refractivity contribution in [1.82, 2.24) is 15.5 Å². The summed E-state index contributed by atoms with van der Waals surface area (Å²) in [5.74, 6) is -1.60. The number of nitrogens with zero attached hydrogens (tertiary/aromatic N) is 1. The van der Waals surface area contributed by atoms with Crippen molar-refractivity contribution in [2.75, 3.05) is 24.3 Å². The predicted octanol–water partition coefficient (Wildman–Crippen LogP) is 0.0879. The van der Waals surface area contributed by atoms with Gasteiger partial charge in [0.1, 0.15) is 18.1 Å². The van der Waals surface area contributed by atoms with E-state index in [-0.39, 0.29) is 11.7 Å². The second-order valence-electron chi connectivity index (χ2n) is 7.85. The zero-order chi connectivity index (χ0) is 22.8. The summed E-state index contributed by atoms with van der Waals surface area (Å²) in [6.07, 6.45) is 3.77. The van der Waals surface area contributed by atoms with Gasteiger partial charge in [-0.15, -0.1) is 0 Å². The van der Waals surface area contributed by atoms with Gasteiger partial charge in [-0.3, -0.25) is 14.4 Å². The van der Waals surface area contributed by atoms with E-state index >= 15 is 0 Å². The summed E-state index contributed by atoms with van der Waals surface area (Å²) in [7, 11) is 0. The molecule has 30 heavy (non-hydrogen) atoms. The van der Waals surface area contributed by atoms with Crippen molar-refractivity contribution in [2.45, 2.75) is 63.7 Å². The number of carbonyl (C=O) groups excluding carboxylic acids is 3. The van der Waals surface area contributed by atoms with Crippen LogP contribution in [0.5, 0.6) is 0 Å². The summed E-state index contributed by atoms with van der Waals surface area (Å²) in [6.45, 7) is 4.17. The van der Waals surface area contributed by atoms with E-state index in [2.05, 4.69) is 23.3 Å². The first-order valence-electron chi connectivity index (χ1n) is 10.1. The Labute approximate surface area is 187 Å². The Bertz CT molecular complexity index is 620. The van der Waals surface area contributed by atoms with Crippen LogP contribution in [0.2, 0.25) is 0 Å². The van der Waals surface area contributed by atoms with Gasteiger partial charge in [0.2, 0.25) is 17.7 Å². The quantitative estimate of drug-likeness (QED) is 0.259. The van der Waals surface area contributed by atoms with E-state index < -0.39 is 47.9 Å². The largest absolute Gasteiger partial charge is 0.480 e. The zero-order valence-corrected chi connectivity index (χ0v) is 19.5. The first-order chi connectivity index (χ1) is 14.1. The molecule has 0 spiro atoms. The Hall–Kier alpha value is -1.46. The monoisotopic (exact) mass is 462 g/mol. The molecule has 1 heterocycles. The zero-order valence-electron chi connectivity index (χ0n) is 17.8. The van der Waals surface area contributed by atoms with Crippen LogP contribution in [0.25, 0.3) is 0 Å². The molecule has 1 fully saturated rings. The molecule has 4 atom stereocenters. The minimum absolute atomic E-state index is 0.0169. The van der Waals surface area contributed by atoms with Gasteiger partial charge in [-0.2, -0.15) is 24.4 Å². The minimum atomic E-state index is -1.06. The van der Waals surface area contributed by atoms with Crippen molar-refractivity contribution < 1.29 is 24.3 Å². The lowest BCUT2D eigenvalue weighted by molar-refractivity contribution is -0.149. The topological polar surface area (TPSA) is 142 Å². The number of carbonyl (C=O) groups is 4. The molecule has 1 aliphatic heterocycles. The van der Waals surface area contributed by atoms with E-state index in [4.69, 9.17) is 5.73 Å². The van der Waals surface area contributed by atoms with Crippen LogP contribution in [0.3, 0.4) is 0 Å². The van der Waals surface area contributed by atoms with Crippen molar-refractivity contribution in [2.24, 2.45) is 11.7 Å². The molecule has 0 aromatic heterocycles. The van der Waals surface area contributed by atoms with Crippen molar-refractivity contribution in [3.05, 3.63) is 0 Å². The van der Waals surface area contributed by atoms with Crippen LogP contribution >= 0.6 is 24.4 Å². The Kier molecular flexibility index (Phi) is 11.6. The van der Waals surface area contributed by atoms with Crippen molar-refractivity contribution in [1.29, 1.82) is 0 Å². The highest BCUT2D eigenvalue weighted by molar-refractivity contribution is 7.98. The fraction of sp³-hybridized carbons (Fsp3) is 0.789. The third-order valence-electron chi connectivity index (χ3n) is 4.93. The van der Waals surface area contributed by atoms with Gasteiger partial charge in [0, 0.05) is 12.3 Å². The van der Waals surface area contributed by atoms with Gasteiger partial charge < -0.3 is 26.4 Å². The van der Waals surface area contributed by atoms with Crippen LogP contribution in [0, 0.1) is 5.92 Å². The SMILES string of the molecule is CSCCC(N)C(=O)NC(CC(C)C)C(=O)NC(CS)C(=O)N1CCCC1C(=O)O. The Morgan fingerprint density at radius 1 is 1.20 bits per heavy atom.